The van der Waals surface area contributed by atoms with Gasteiger partial charge in [-0.15, -0.1) is 0 Å². The summed E-state index contributed by atoms with van der Waals surface area (Å²) in [6.45, 7) is 5.60. The van der Waals surface area contributed by atoms with E-state index in [-0.39, 0.29) is 5.91 Å². The zero-order chi connectivity index (χ0) is 14.1. The Labute approximate surface area is 114 Å². The van der Waals surface area contributed by atoms with Crippen LogP contribution in [0.25, 0.3) is 0 Å². The van der Waals surface area contributed by atoms with Crippen molar-refractivity contribution < 1.29 is 14.3 Å². The van der Waals surface area contributed by atoms with E-state index in [1.54, 1.807) is 6.07 Å². The van der Waals surface area contributed by atoms with Crippen LogP contribution in [0.2, 0.25) is 0 Å². The van der Waals surface area contributed by atoms with Gasteiger partial charge in [0.25, 0.3) is 0 Å². The van der Waals surface area contributed by atoms with E-state index in [1.807, 2.05) is 33.0 Å². The van der Waals surface area contributed by atoms with E-state index in [2.05, 4.69) is 10.6 Å². The SMILES string of the molecule is CCOc1ccc(OCC)c(NC(=O)CCNC)c1. The Balaban J connectivity index is 2.80. The third-order valence-corrected chi connectivity index (χ3v) is 2.44. The number of hydrogen-bond donors (Lipinski definition) is 2. The van der Waals surface area contributed by atoms with Crippen LogP contribution in [0.3, 0.4) is 0 Å². The average molecular weight is 266 g/mol. The molecule has 0 bridgehead atoms. The van der Waals surface area contributed by atoms with E-state index >= 15 is 0 Å². The van der Waals surface area contributed by atoms with Gasteiger partial charge in [0, 0.05) is 19.0 Å². The van der Waals surface area contributed by atoms with Gasteiger partial charge in [-0.3, -0.25) is 4.79 Å². The highest BCUT2D eigenvalue weighted by atomic mass is 16.5. The first-order valence-electron chi connectivity index (χ1n) is 6.55. The molecular weight excluding hydrogens is 244 g/mol. The number of anilines is 1. The summed E-state index contributed by atoms with van der Waals surface area (Å²) < 4.78 is 10.9. The van der Waals surface area contributed by atoms with Gasteiger partial charge in [-0.1, -0.05) is 0 Å². The van der Waals surface area contributed by atoms with Crippen LogP contribution in [0.4, 0.5) is 5.69 Å². The lowest BCUT2D eigenvalue weighted by Crippen LogP contribution is -2.19. The summed E-state index contributed by atoms with van der Waals surface area (Å²) in [5, 5.41) is 5.78. The molecular formula is C14H22N2O3. The van der Waals surface area contributed by atoms with Crippen molar-refractivity contribution in [2.24, 2.45) is 0 Å². The number of amides is 1. The molecule has 1 aromatic rings. The second-order valence-corrected chi connectivity index (χ2v) is 3.93. The van der Waals surface area contributed by atoms with Crippen molar-refractivity contribution in [1.82, 2.24) is 5.32 Å². The lowest BCUT2D eigenvalue weighted by Gasteiger charge is -2.13. The zero-order valence-electron chi connectivity index (χ0n) is 11.8. The molecule has 5 nitrogen and oxygen atoms in total. The van der Waals surface area contributed by atoms with Gasteiger partial charge in [0.15, 0.2) is 0 Å². The van der Waals surface area contributed by atoms with E-state index in [1.165, 1.54) is 0 Å². The molecule has 0 fully saturated rings. The van der Waals surface area contributed by atoms with Crippen molar-refractivity contribution in [2.45, 2.75) is 20.3 Å². The number of carbonyl (C=O) groups excluding carboxylic acids is 1. The first-order chi connectivity index (χ1) is 9.21. The molecule has 0 unspecified atom stereocenters. The molecule has 0 radical (unpaired) electrons. The molecule has 0 heterocycles. The van der Waals surface area contributed by atoms with Crippen LogP contribution < -0.4 is 20.1 Å². The van der Waals surface area contributed by atoms with E-state index in [0.717, 1.165) is 5.75 Å². The average Bonchev–Trinajstić information content (AvgIpc) is 2.40. The van der Waals surface area contributed by atoms with Crippen molar-refractivity contribution in [3.8, 4) is 11.5 Å². The third-order valence-electron chi connectivity index (χ3n) is 2.44. The van der Waals surface area contributed by atoms with E-state index < -0.39 is 0 Å². The summed E-state index contributed by atoms with van der Waals surface area (Å²) in [4.78, 5) is 11.7. The quantitative estimate of drug-likeness (QED) is 0.756. The summed E-state index contributed by atoms with van der Waals surface area (Å²) in [6.07, 6.45) is 0.418. The summed E-state index contributed by atoms with van der Waals surface area (Å²) >= 11 is 0. The molecule has 1 amide bonds. The molecule has 0 aliphatic carbocycles. The fourth-order valence-electron chi connectivity index (χ4n) is 1.60. The minimum absolute atomic E-state index is 0.0519. The Kier molecular flexibility index (Phi) is 6.74. The van der Waals surface area contributed by atoms with Crippen LogP contribution in [0, 0.1) is 0 Å². The van der Waals surface area contributed by atoms with Crippen molar-refractivity contribution in [3.05, 3.63) is 18.2 Å². The highest BCUT2D eigenvalue weighted by molar-refractivity contribution is 5.92. The van der Waals surface area contributed by atoms with Crippen LogP contribution in [0.1, 0.15) is 20.3 Å². The molecule has 0 saturated carbocycles. The maximum atomic E-state index is 11.7. The molecule has 0 saturated heterocycles. The topological polar surface area (TPSA) is 59.6 Å². The molecule has 0 spiro atoms. The minimum Gasteiger partial charge on any atom is -0.494 e. The number of rotatable bonds is 8. The summed E-state index contributed by atoms with van der Waals surface area (Å²) in [7, 11) is 1.81. The van der Waals surface area contributed by atoms with Crippen LogP contribution in [-0.4, -0.2) is 32.7 Å². The molecule has 0 aliphatic rings. The number of ether oxygens (including phenoxy) is 2. The van der Waals surface area contributed by atoms with Crippen LogP contribution in [0.5, 0.6) is 11.5 Å². The van der Waals surface area contributed by atoms with Gasteiger partial charge in [-0.2, -0.15) is 0 Å². The number of benzene rings is 1. The Bertz CT molecular complexity index is 408. The maximum Gasteiger partial charge on any atom is 0.225 e. The predicted octanol–water partition coefficient (Wildman–Crippen LogP) is 2.03. The molecule has 0 aliphatic heterocycles. The van der Waals surface area contributed by atoms with E-state index in [9.17, 15) is 4.79 Å². The Morgan fingerprint density at radius 1 is 1.21 bits per heavy atom. The zero-order valence-corrected chi connectivity index (χ0v) is 11.8. The monoisotopic (exact) mass is 266 g/mol. The largest absolute Gasteiger partial charge is 0.494 e. The van der Waals surface area contributed by atoms with Gasteiger partial charge < -0.3 is 20.1 Å². The molecule has 1 aromatic carbocycles. The number of nitrogens with one attached hydrogen (secondary N) is 2. The highest BCUT2D eigenvalue weighted by Gasteiger charge is 2.09. The molecule has 1 rings (SSSR count). The smallest absolute Gasteiger partial charge is 0.225 e. The van der Waals surface area contributed by atoms with Gasteiger partial charge in [0.2, 0.25) is 5.91 Å². The summed E-state index contributed by atoms with van der Waals surface area (Å²) in [6, 6.07) is 5.42. The van der Waals surface area contributed by atoms with Gasteiger partial charge in [0.1, 0.15) is 11.5 Å². The van der Waals surface area contributed by atoms with Gasteiger partial charge in [-0.05, 0) is 33.0 Å². The van der Waals surface area contributed by atoms with Crippen LogP contribution >= 0.6 is 0 Å². The second-order valence-electron chi connectivity index (χ2n) is 3.93. The molecule has 0 atom stereocenters. The van der Waals surface area contributed by atoms with E-state index in [0.29, 0.717) is 37.6 Å². The first kappa shape index (κ1) is 15.3. The summed E-state index contributed by atoms with van der Waals surface area (Å²) in [5.41, 5.74) is 0.647. The van der Waals surface area contributed by atoms with Crippen LogP contribution in [-0.2, 0) is 4.79 Å². The summed E-state index contributed by atoms with van der Waals surface area (Å²) in [5.74, 6) is 1.32. The number of carbonyl (C=O) groups is 1. The fourth-order valence-corrected chi connectivity index (χ4v) is 1.60. The van der Waals surface area contributed by atoms with Crippen molar-refractivity contribution in [3.63, 3.8) is 0 Å². The molecule has 0 aromatic heterocycles. The third kappa shape index (κ3) is 5.18. The Morgan fingerprint density at radius 2 is 1.95 bits per heavy atom. The van der Waals surface area contributed by atoms with E-state index in [4.69, 9.17) is 9.47 Å². The lowest BCUT2D eigenvalue weighted by molar-refractivity contribution is -0.116. The second kappa shape index (κ2) is 8.37. The fraction of sp³-hybridized carbons (Fsp3) is 0.500. The molecule has 106 valence electrons. The standard InChI is InChI=1S/C14H22N2O3/c1-4-18-11-6-7-13(19-5-2)12(10-11)16-14(17)8-9-15-3/h6-7,10,15H,4-5,8-9H2,1-3H3,(H,16,17). The van der Waals surface area contributed by atoms with Gasteiger partial charge in [-0.25, -0.2) is 0 Å². The highest BCUT2D eigenvalue weighted by Crippen LogP contribution is 2.29. The molecule has 19 heavy (non-hydrogen) atoms. The van der Waals surface area contributed by atoms with Crippen molar-refractivity contribution >= 4 is 11.6 Å². The van der Waals surface area contributed by atoms with Crippen molar-refractivity contribution in [1.29, 1.82) is 0 Å². The predicted molar refractivity (Wildman–Crippen MR) is 76.0 cm³/mol. The maximum absolute atomic E-state index is 11.7. The lowest BCUT2D eigenvalue weighted by atomic mass is 10.2. The number of hydrogen-bond acceptors (Lipinski definition) is 4. The molecule has 5 heteroatoms. The Hall–Kier alpha value is -1.75. The normalized spacial score (nSPS) is 10.1. The minimum atomic E-state index is -0.0519. The first-order valence-corrected chi connectivity index (χ1v) is 6.55. The molecule has 2 N–H and O–H groups in total. The Morgan fingerprint density at radius 3 is 2.58 bits per heavy atom. The van der Waals surface area contributed by atoms with Gasteiger partial charge >= 0.3 is 0 Å². The van der Waals surface area contributed by atoms with Crippen molar-refractivity contribution in [2.75, 3.05) is 32.1 Å². The van der Waals surface area contributed by atoms with Crippen LogP contribution in [0.15, 0.2) is 18.2 Å². The van der Waals surface area contributed by atoms with Gasteiger partial charge in [0.05, 0.1) is 18.9 Å².